The Morgan fingerprint density at radius 1 is 1.10 bits per heavy atom. The van der Waals surface area contributed by atoms with Gasteiger partial charge in [-0.3, -0.25) is 9.36 Å². The van der Waals surface area contributed by atoms with Crippen LogP contribution in [0.5, 0.6) is 0 Å². The lowest BCUT2D eigenvalue weighted by atomic mass is 10.1. The van der Waals surface area contributed by atoms with Crippen LogP contribution in [-0.4, -0.2) is 9.55 Å². The van der Waals surface area contributed by atoms with E-state index in [0.717, 1.165) is 17.1 Å². The van der Waals surface area contributed by atoms with Gasteiger partial charge in [-0.15, -0.1) is 11.3 Å². The van der Waals surface area contributed by atoms with E-state index in [-0.39, 0.29) is 5.56 Å². The Kier molecular flexibility index (Phi) is 3.97. The molecule has 3 nitrogen and oxygen atoms in total. The smallest absolute Gasteiger partial charge is 0.253 e. The van der Waals surface area contributed by atoms with Crippen LogP contribution in [0.3, 0.4) is 0 Å². The second kappa shape index (κ2) is 6.06. The van der Waals surface area contributed by atoms with Gasteiger partial charge in [0.05, 0.1) is 4.88 Å². The minimum Gasteiger partial charge on any atom is -0.292 e. The molecule has 21 heavy (non-hydrogen) atoms. The van der Waals surface area contributed by atoms with Crippen LogP contribution in [0.15, 0.2) is 59.5 Å². The Morgan fingerprint density at radius 2 is 1.90 bits per heavy atom. The first kappa shape index (κ1) is 13.8. The van der Waals surface area contributed by atoms with E-state index in [1.807, 2.05) is 24.3 Å². The summed E-state index contributed by atoms with van der Waals surface area (Å²) in [7, 11) is 0. The first-order valence-electron chi connectivity index (χ1n) is 6.90. The number of thiophene rings is 1. The number of nitrogens with zero attached hydrogens (tertiary/aromatic N) is 2. The van der Waals surface area contributed by atoms with Crippen molar-refractivity contribution in [1.29, 1.82) is 0 Å². The lowest BCUT2D eigenvalue weighted by molar-refractivity contribution is 0.664. The molecule has 0 fully saturated rings. The monoisotopic (exact) mass is 296 g/mol. The summed E-state index contributed by atoms with van der Waals surface area (Å²) >= 11 is 1.66. The number of aromatic nitrogens is 2. The molecule has 106 valence electrons. The normalized spacial score (nSPS) is 10.7. The molecule has 0 aliphatic carbocycles. The van der Waals surface area contributed by atoms with Crippen LogP contribution in [-0.2, 0) is 13.0 Å². The number of benzene rings is 1. The summed E-state index contributed by atoms with van der Waals surface area (Å²) in [5.74, 6) is 0.761. The SMILES string of the molecule is Cc1ccc(-c2nccc(=O)n2CCc2ccccc2)s1. The van der Waals surface area contributed by atoms with E-state index in [0.29, 0.717) is 6.54 Å². The van der Waals surface area contributed by atoms with E-state index < -0.39 is 0 Å². The van der Waals surface area contributed by atoms with Gasteiger partial charge >= 0.3 is 0 Å². The van der Waals surface area contributed by atoms with E-state index in [1.54, 1.807) is 22.1 Å². The second-order valence-electron chi connectivity index (χ2n) is 4.90. The molecule has 0 aliphatic heterocycles. The molecule has 0 N–H and O–H groups in total. The van der Waals surface area contributed by atoms with Gasteiger partial charge in [0.2, 0.25) is 0 Å². The second-order valence-corrected chi connectivity index (χ2v) is 6.19. The molecule has 0 amide bonds. The van der Waals surface area contributed by atoms with Gasteiger partial charge in [-0.05, 0) is 31.0 Å². The fourth-order valence-electron chi connectivity index (χ4n) is 2.29. The van der Waals surface area contributed by atoms with Crippen LogP contribution < -0.4 is 5.56 Å². The average molecular weight is 296 g/mol. The molecule has 0 unspecified atom stereocenters. The minimum atomic E-state index is 0.00184. The molecule has 0 radical (unpaired) electrons. The van der Waals surface area contributed by atoms with Crippen molar-refractivity contribution in [2.45, 2.75) is 19.9 Å². The molecule has 0 spiro atoms. The Balaban J connectivity index is 1.92. The molecular formula is C17H16N2OS. The third-order valence-electron chi connectivity index (χ3n) is 3.36. The molecule has 1 aromatic carbocycles. The molecule has 0 bridgehead atoms. The maximum absolute atomic E-state index is 12.2. The molecular weight excluding hydrogens is 280 g/mol. The van der Waals surface area contributed by atoms with E-state index in [4.69, 9.17) is 0 Å². The highest BCUT2D eigenvalue weighted by Crippen LogP contribution is 2.25. The Labute approximate surface area is 127 Å². The maximum atomic E-state index is 12.2. The van der Waals surface area contributed by atoms with Crippen molar-refractivity contribution in [2.24, 2.45) is 0 Å². The number of aryl methyl sites for hydroxylation is 2. The molecule has 3 aromatic rings. The lowest BCUT2D eigenvalue weighted by Gasteiger charge is -2.10. The van der Waals surface area contributed by atoms with E-state index >= 15 is 0 Å². The van der Waals surface area contributed by atoms with Gasteiger partial charge in [-0.2, -0.15) is 0 Å². The summed E-state index contributed by atoms with van der Waals surface area (Å²) in [5.41, 5.74) is 1.23. The van der Waals surface area contributed by atoms with Crippen LogP contribution in [0.2, 0.25) is 0 Å². The quantitative estimate of drug-likeness (QED) is 0.738. The summed E-state index contributed by atoms with van der Waals surface area (Å²) < 4.78 is 1.76. The summed E-state index contributed by atoms with van der Waals surface area (Å²) in [5, 5.41) is 0. The fourth-order valence-corrected chi connectivity index (χ4v) is 3.16. The van der Waals surface area contributed by atoms with Crippen LogP contribution in [0.4, 0.5) is 0 Å². The molecule has 3 rings (SSSR count). The zero-order chi connectivity index (χ0) is 14.7. The molecule has 0 atom stereocenters. The van der Waals surface area contributed by atoms with Crippen molar-refractivity contribution in [1.82, 2.24) is 9.55 Å². The first-order valence-corrected chi connectivity index (χ1v) is 7.72. The van der Waals surface area contributed by atoms with Crippen molar-refractivity contribution >= 4 is 11.3 Å². The topological polar surface area (TPSA) is 34.9 Å². The van der Waals surface area contributed by atoms with Crippen molar-refractivity contribution in [3.05, 3.63) is 75.5 Å². The minimum absolute atomic E-state index is 0.00184. The third kappa shape index (κ3) is 3.11. The van der Waals surface area contributed by atoms with E-state index in [2.05, 4.69) is 30.1 Å². The molecule has 4 heteroatoms. The van der Waals surface area contributed by atoms with Crippen molar-refractivity contribution in [3.8, 4) is 10.7 Å². The van der Waals surface area contributed by atoms with Crippen LogP contribution >= 0.6 is 11.3 Å². The molecule has 0 saturated heterocycles. The predicted octanol–water partition coefficient (Wildman–Crippen LogP) is 3.52. The zero-order valence-electron chi connectivity index (χ0n) is 11.8. The number of hydrogen-bond acceptors (Lipinski definition) is 3. The Morgan fingerprint density at radius 3 is 2.62 bits per heavy atom. The van der Waals surface area contributed by atoms with E-state index in [1.165, 1.54) is 16.5 Å². The van der Waals surface area contributed by atoms with Gasteiger partial charge in [-0.1, -0.05) is 30.3 Å². The Bertz CT molecular complexity index is 790. The van der Waals surface area contributed by atoms with Crippen molar-refractivity contribution in [3.63, 3.8) is 0 Å². The summed E-state index contributed by atoms with van der Waals surface area (Å²) in [6.07, 6.45) is 2.41. The van der Waals surface area contributed by atoms with Crippen molar-refractivity contribution < 1.29 is 0 Å². The number of rotatable bonds is 4. The lowest BCUT2D eigenvalue weighted by Crippen LogP contribution is -2.22. The zero-order valence-corrected chi connectivity index (χ0v) is 12.6. The summed E-state index contributed by atoms with van der Waals surface area (Å²) in [4.78, 5) is 18.8. The van der Waals surface area contributed by atoms with Gasteiger partial charge in [-0.25, -0.2) is 4.98 Å². The predicted molar refractivity (Wildman–Crippen MR) is 86.7 cm³/mol. The largest absolute Gasteiger partial charge is 0.292 e. The number of hydrogen-bond donors (Lipinski definition) is 0. The van der Waals surface area contributed by atoms with Crippen LogP contribution in [0.25, 0.3) is 10.7 Å². The van der Waals surface area contributed by atoms with Gasteiger partial charge in [0.25, 0.3) is 5.56 Å². The molecule has 0 aliphatic rings. The highest BCUT2D eigenvalue weighted by atomic mass is 32.1. The molecule has 2 aromatic heterocycles. The first-order chi connectivity index (χ1) is 10.2. The molecule has 2 heterocycles. The highest BCUT2D eigenvalue weighted by molar-refractivity contribution is 7.15. The average Bonchev–Trinajstić information content (AvgIpc) is 2.93. The third-order valence-corrected chi connectivity index (χ3v) is 4.36. The Hall–Kier alpha value is -2.20. The van der Waals surface area contributed by atoms with Gasteiger partial charge in [0, 0.05) is 23.7 Å². The van der Waals surface area contributed by atoms with Gasteiger partial charge in [0.15, 0.2) is 5.82 Å². The van der Waals surface area contributed by atoms with Gasteiger partial charge < -0.3 is 0 Å². The maximum Gasteiger partial charge on any atom is 0.253 e. The standard InChI is InChI=1S/C17H16N2OS/c1-13-7-8-15(21-13)17-18-11-9-16(20)19(17)12-10-14-5-3-2-4-6-14/h2-9,11H,10,12H2,1H3. The molecule has 0 saturated carbocycles. The van der Waals surface area contributed by atoms with Crippen LogP contribution in [0.1, 0.15) is 10.4 Å². The summed E-state index contributed by atoms with van der Waals surface area (Å²) in [6, 6.07) is 15.8. The highest BCUT2D eigenvalue weighted by Gasteiger charge is 2.09. The van der Waals surface area contributed by atoms with Crippen LogP contribution in [0, 0.1) is 6.92 Å². The fraction of sp³-hybridized carbons (Fsp3) is 0.176. The van der Waals surface area contributed by atoms with Crippen molar-refractivity contribution in [2.75, 3.05) is 0 Å². The van der Waals surface area contributed by atoms with Gasteiger partial charge in [0.1, 0.15) is 0 Å². The summed E-state index contributed by atoms with van der Waals surface area (Å²) in [6.45, 7) is 2.70. The van der Waals surface area contributed by atoms with E-state index in [9.17, 15) is 4.79 Å².